The first kappa shape index (κ1) is 16.7. The van der Waals surface area contributed by atoms with Crippen LogP contribution in [0.3, 0.4) is 0 Å². The standard InChI is InChI=1S/C19H21NO3/c1-2-23-18(21)14-20-19(22)17-11-7-6-10-16(17)13-12-15-8-4-3-5-9-15/h3-11H,2,12-14H2,1H3,(H,20,22). The molecule has 0 fully saturated rings. The van der Waals surface area contributed by atoms with Crippen molar-refractivity contribution in [2.45, 2.75) is 19.8 Å². The highest BCUT2D eigenvalue weighted by atomic mass is 16.5. The number of carbonyl (C=O) groups excluding carboxylic acids is 2. The summed E-state index contributed by atoms with van der Waals surface area (Å²) in [5.74, 6) is -0.677. The van der Waals surface area contributed by atoms with Crippen molar-refractivity contribution >= 4 is 11.9 Å². The van der Waals surface area contributed by atoms with Crippen LogP contribution in [0, 0.1) is 0 Å². The molecule has 4 heteroatoms. The van der Waals surface area contributed by atoms with Gasteiger partial charge < -0.3 is 10.1 Å². The molecule has 2 rings (SSSR count). The largest absolute Gasteiger partial charge is 0.465 e. The fraction of sp³-hybridized carbons (Fsp3) is 0.263. The molecule has 0 radical (unpaired) electrons. The van der Waals surface area contributed by atoms with E-state index in [1.807, 2.05) is 36.4 Å². The van der Waals surface area contributed by atoms with Crippen molar-refractivity contribution in [2.75, 3.05) is 13.2 Å². The zero-order valence-electron chi connectivity index (χ0n) is 13.2. The lowest BCUT2D eigenvalue weighted by Crippen LogP contribution is -2.31. The van der Waals surface area contributed by atoms with Crippen LogP contribution in [0.15, 0.2) is 54.6 Å². The Balaban J connectivity index is 1.99. The third-order valence-corrected chi connectivity index (χ3v) is 3.49. The molecule has 0 spiro atoms. The number of benzene rings is 2. The Morgan fingerprint density at radius 3 is 2.39 bits per heavy atom. The maximum atomic E-state index is 12.3. The highest BCUT2D eigenvalue weighted by molar-refractivity contribution is 5.97. The number of ether oxygens (including phenoxy) is 1. The van der Waals surface area contributed by atoms with Crippen LogP contribution in [0.5, 0.6) is 0 Å². The SMILES string of the molecule is CCOC(=O)CNC(=O)c1ccccc1CCc1ccccc1. The summed E-state index contributed by atoms with van der Waals surface area (Å²) in [6.07, 6.45) is 1.63. The number of carbonyl (C=O) groups is 2. The van der Waals surface area contributed by atoms with Gasteiger partial charge in [0.2, 0.25) is 0 Å². The van der Waals surface area contributed by atoms with Gasteiger partial charge in [-0.2, -0.15) is 0 Å². The first-order chi connectivity index (χ1) is 11.2. The van der Waals surface area contributed by atoms with Gasteiger partial charge in [-0.3, -0.25) is 9.59 Å². The molecule has 2 aromatic rings. The average Bonchev–Trinajstić information content (AvgIpc) is 2.59. The van der Waals surface area contributed by atoms with E-state index in [4.69, 9.17) is 4.74 Å². The van der Waals surface area contributed by atoms with Gasteiger partial charge in [0, 0.05) is 5.56 Å². The Morgan fingerprint density at radius 1 is 0.957 bits per heavy atom. The second-order valence-corrected chi connectivity index (χ2v) is 5.13. The van der Waals surface area contributed by atoms with Gasteiger partial charge in [0.15, 0.2) is 0 Å². The molecular formula is C19H21NO3. The zero-order chi connectivity index (χ0) is 16.5. The van der Waals surface area contributed by atoms with Crippen LogP contribution in [0.1, 0.15) is 28.4 Å². The van der Waals surface area contributed by atoms with Gasteiger partial charge in [-0.05, 0) is 37.0 Å². The number of hydrogen-bond donors (Lipinski definition) is 1. The van der Waals surface area contributed by atoms with Gasteiger partial charge in [-0.15, -0.1) is 0 Å². The van der Waals surface area contributed by atoms with Crippen molar-refractivity contribution in [2.24, 2.45) is 0 Å². The van der Waals surface area contributed by atoms with Crippen molar-refractivity contribution in [1.29, 1.82) is 0 Å². The molecule has 0 aliphatic heterocycles. The number of amides is 1. The van der Waals surface area contributed by atoms with E-state index in [9.17, 15) is 9.59 Å². The van der Waals surface area contributed by atoms with Crippen LogP contribution < -0.4 is 5.32 Å². The summed E-state index contributed by atoms with van der Waals surface area (Å²) in [5, 5.41) is 2.61. The summed E-state index contributed by atoms with van der Waals surface area (Å²) in [4.78, 5) is 23.6. The summed E-state index contributed by atoms with van der Waals surface area (Å²) < 4.78 is 4.81. The summed E-state index contributed by atoms with van der Waals surface area (Å²) in [5.41, 5.74) is 2.81. The van der Waals surface area contributed by atoms with E-state index in [1.54, 1.807) is 13.0 Å². The molecule has 0 aliphatic rings. The predicted molar refractivity (Wildman–Crippen MR) is 89.3 cm³/mol. The average molecular weight is 311 g/mol. The Hall–Kier alpha value is -2.62. The highest BCUT2D eigenvalue weighted by Crippen LogP contribution is 2.12. The van der Waals surface area contributed by atoms with Crippen molar-refractivity contribution in [3.8, 4) is 0 Å². The van der Waals surface area contributed by atoms with Crippen LogP contribution in [0.2, 0.25) is 0 Å². The minimum Gasteiger partial charge on any atom is -0.465 e. The number of rotatable bonds is 7. The van der Waals surface area contributed by atoms with Gasteiger partial charge >= 0.3 is 5.97 Å². The van der Waals surface area contributed by atoms with E-state index >= 15 is 0 Å². The van der Waals surface area contributed by atoms with Crippen LogP contribution >= 0.6 is 0 Å². The number of esters is 1. The number of hydrogen-bond acceptors (Lipinski definition) is 3. The van der Waals surface area contributed by atoms with E-state index in [0.717, 1.165) is 18.4 Å². The van der Waals surface area contributed by atoms with Crippen LogP contribution in [-0.4, -0.2) is 25.0 Å². The Bertz CT molecular complexity index is 653. The van der Waals surface area contributed by atoms with E-state index in [1.165, 1.54) is 5.56 Å². The summed E-state index contributed by atoms with van der Waals surface area (Å²) in [7, 11) is 0. The van der Waals surface area contributed by atoms with Gasteiger partial charge in [0.25, 0.3) is 5.91 Å². The second kappa shape index (κ2) is 8.73. The summed E-state index contributed by atoms with van der Waals surface area (Å²) >= 11 is 0. The minimum atomic E-state index is -0.428. The maximum absolute atomic E-state index is 12.3. The smallest absolute Gasteiger partial charge is 0.325 e. The third kappa shape index (κ3) is 5.25. The van der Waals surface area contributed by atoms with Crippen molar-refractivity contribution < 1.29 is 14.3 Å². The molecule has 0 heterocycles. The predicted octanol–water partition coefficient (Wildman–Crippen LogP) is 2.76. The van der Waals surface area contributed by atoms with Crippen molar-refractivity contribution in [1.82, 2.24) is 5.32 Å². The molecule has 0 saturated carbocycles. The minimum absolute atomic E-state index is 0.111. The lowest BCUT2D eigenvalue weighted by atomic mass is 9.99. The van der Waals surface area contributed by atoms with Gasteiger partial charge in [0.05, 0.1) is 6.61 Å². The maximum Gasteiger partial charge on any atom is 0.325 e. The Kier molecular flexibility index (Phi) is 6.36. The normalized spacial score (nSPS) is 10.1. The van der Waals surface area contributed by atoms with E-state index in [2.05, 4.69) is 17.4 Å². The van der Waals surface area contributed by atoms with Crippen molar-refractivity contribution in [3.05, 3.63) is 71.3 Å². The Morgan fingerprint density at radius 2 is 1.65 bits per heavy atom. The lowest BCUT2D eigenvalue weighted by molar-refractivity contribution is -0.141. The van der Waals surface area contributed by atoms with Gasteiger partial charge in [-0.1, -0.05) is 48.5 Å². The third-order valence-electron chi connectivity index (χ3n) is 3.49. The Labute approximate surface area is 136 Å². The van der Waals surface area contributed by atoms with Gasteiger partial charge in [0.1, 0.15) is 6.54 Å². The van der Waals surface area contributed by atoms with Crippen LogP contribution in [0.25, 0.3) is 0 Å². The monoisotopic (exact) mass is 311 g/mol. The molecule has 120 valence electrons. The highest BCUT2D eigenvalue weighted by Gasteiger charge is 2.12. The second-order valence-electron chi connectivity index (χ2n) is 5.13. The topological polar surface area (TPSA) is 55.4 Å². The van der Waals surface area contributed by atoms with E-state index in [-0.39, 0.29) is 12.5 Å². The molecule has 0 unspecified atom stereocenters. The molecule has 0 aromatic heterocycles. The molecule has 1 N–H and O–H groups in total. The number of nitrogens with one attached hydrogen (secondary N) is 1. The van der Waals surface area contributed by atoms with E-state index < -0.39 is 5.97 Å². The quantitative estimate of drug-likeness (QED) is 0.800. The molecule has 0 bridgehead atoms. The molecule has 1 amide bonds. The molecule has 2 aromatic carbocycles. The van der Waals surface area contributed by atoms with Crippen molar-refractivity contribution in [3.63, 3.8) is 0 Å². The number of aryl methyl sites for hydroxylation is 2. The molecule has 0 atom stereocenters. The molecule has 0 aliphatic carbocycles. The summed E-state index contributed by atoms with van der Waals surface area (Å²) in [6.45, 7) is 1.93. The van der Waals surface area contributed by atoms with Crippen LogP contribution in [0.4, 0.5) is 0 Å². The van der Waals surface area contributed by atoms with Crippen LogP contribution in [-0.2, 0) is 22.4 Å². The van der Waals surface area contributed by atoms with Gasteiger partial charge in [-0.25, -0.2) is 0 Å². The zero-order valence-corrected chi connectivity index (χ0v) is 13.2. The first-order valence-corrected chi connectivity index (χ1v) is 7.76. The lowest BCUT2D eigenvalue weighted by Gasteiger charge is -2.10. The molecule has 23 heavy (non-hydrogen) atoms. The fourth-order valence-electron chi connectivity index (χ4n) is 2.34. The fourth-order valence-corrected chi connectivity index (χ4v) is 2.34. The molecule has 4 nitrogen and oxygen atoms in total. The summed E-state index contributed by atoms with van der Waals surface area (Å²) in [6, 6.07) is 17.6. The molecular weight excluding hydrogens is 290 g/mol. The molecule has 0 saturated heterocycles. The first-order valence-electron chi connectivity index (χ1n) is 7.76. The van der Waals surface area contributed by atoms with E-state index in [0.29, 0.717) is 12.2 Å².